The van der Waals surface area contributed by atoms with Crippen LogP contribution < -0.4 is 0 Å². The van der Waals surface area contributed by atoms with Crippen molar-refractivity contribution in [1.29, 1.82) is 0 Å². The average Bonchev–Trinajstić information content (AvgIpc) is 2.61. The van der Waals surface area contributed by atoms with Gasteiger partial charge in [-0.25, -0.2) is 0 Å². The van der Waals surface area contributed by atoms with E-state index in [-0.39, 0.29) is 0 Å². The fourth-order valence-corrected chi connectivity index (χ4v) is 2.16. The second-order valence-electron chi connectivity index (χ2n) is 4.94. The number of hydrogen-bond donors (Lipinski definition) is 1. The lowest BCUT2D eigenvalue weighted by molar-refractivity contribution is 0.220. The van der Waals surface area contributed by atoms with Crippen LogP contribution in [0.3, 0.4) is 0 Å². The van der Waals surface area contributed by atoms with Gasteiger partial charge in [-0.05, 0) is 35.4 Å². The van der Waals surface area contributed by atoms with Crippen LogP contribution in [0.5, 0.6) is 0 Å². The summed E-state index contributed by atoms with van der Waals surface area (Å²) in [5.74, 6) is 0. The summed E-state index contributed by atoms with van der Waals surface area (Å²) in [6.45, 7) is 0. The molecule has 3 aromatic rings. The van der Waals surface area contributed by atoms with Gasteiger partial charge < -0.3 is 5.11 Å². The Bertz CT molecular complexity index is 737. The summed E-state index contributed by atoms with van der Waals surface area (Å²) in [5.41, 5.74) is 3.29. The molecule has 1 N–H and O–H groups in total. The van der Waals surface area contributed by atoms with E-state index in [4.69, 9.17) is 0 Å². The Kier molecular flexibility index (Phi) is 4.37. The fourth-order valence-electron chi connectivity index (χ4n) is 2.16. The van der Waals surface area contributed by atoms with Crippen LogP contribution in [0.1, 0.15) is 17.2 Å². The van der Waals surface area contributed by atoms with Crippen LogP contribution in [0.2, 0.25) is 0 Å². The fraction of sp³-hybridized carbons (Fsp3) is 0.0526. The van der Waals surface area contributed by atoms with Crippen LogP contribution in [0.4, 0.5) is 11.4 Å². The lowest BCUT2D eigenvalue weighted by atomic mass is 10.0. The highest BCUT2D eigenvalue weighted by Crippen LogP contribution is 2.24. The molecular formula is C19H16N2O. The average molecular weight is 288 g/mol. The van der Waals surface area contributed by atoms with Crippen molar-refractivity contribution < 1.29 is 5.11 Å². The molecule has 0 saturated heterocycles. The molecule has 3 nitrogen and oxygen atoms in total. The quantitative estimate of drug-likeness (QED) is 0.660. The zero-order valence-corrected chi connectivity index (χ0v) is 12.0. The first-order chi connectivity index (χ1) is 10.8. The van der Waals surface area contributed by atoms with Crippen molar-refractivity contribution in [3.05, 3.63) is 96.1 Å². The van der Waals surface area contributed by atoms with Crippen molar-refractivity contribution in [2.75, 3.05) is 0 Å². The van der Waals surface area contributed by atoms with Gasteiger partial charge in [-0.1, -0.05) is 60.7 Å². The predicted octanol–water partition coefficient (Wildman–Crippen LogP) is 5.18. The second-order valence-corrected chi connectivity index (χ2v) is 4.94. The van der Waals surface area contributed by atoms with Crippen molar-refractivity contribution >= 4 is 11.4 Å². The van der Waals surface area contributed by atoms with Crippen LogP contribution in [-0.4, -0.2) is 5.11 Å². The SMILES string of the molecule is OC(c1ccccc1)c1ccc(N=Nc2ccccc2)cc1. The minimum atomic E-state index is -0.624. The Morgan fingerprint density at radius 3 is 1.59 bits per heavy atom. The maximum atomic E-state index is 10.3. The second kappa shape index (κ2) is 6.78. The Labute approximate surface area is 129 Å². The summed E-state index contributed by atoms with van der Waals surface area (Å²) in [6, 6.07) is 26.6. The van der Waals surface area contributed by atoms with Gasteiger partial charge in [0.25, 0.3) is 0 Å². The molecule has 3 heteroatoms. The van der Waals surface area contributed by atoms with Gasteiger partial charge in [-0.2, -0.15) is 10.2 Å². The third-order valence-electron chi connectivity index (χ3n) is 3.36. The molecule has 22 heavy (non-hydrogen) atoms. The highest BCUT2D eigenvalue weighted by molar-refractivity contribution is 5.42. The summed E-state index contributed by atoms with van der Waals surface area (Å²) >= 11 is 0. The van der Waals surface area contributed by atoms with Crippen LogP contribution in [0.25, 0.3) is 0 Å². The van der Waals surface area contributed by atoms with Gasteiger partial charge in [0, 0.05) is 0 Å². The van der Waals surface area contributed by atoms with Gasteiger partial charge in [-0.15, -0.1) is 0 Å². The lowest BCUT2D eigenvalue weighted by Gasteiger charge is -2.11. The van der Waals surface area contributed by atoms with Crippen LogP contribution in [0, 0.1) is 0 Å². The number of azo groups is 1. The number of benzene rings is 3. The molecule has 1 unspecified atom stereocenters. The number of aliphatic hydroxyl groups is 1. The Morgan fingerprint density at radius 1 is 0.545 bits per heavy atom. The van der Waals surface area contributed by atoms with Crippen molar-refractivity contribution in [2.45, 2.75) is 6.10 Å². The largest absolute Gasteiger partial charge is 0.384 e. The topological polar surface area (TPSA) is 45.0 Å². The third kappa shape index (κ3) is 3.45. The Morgan fingerprint density at radius 2 is 1.00 bits per heavy atom. The molecule has 0 bridgehead atoms. The molecule has 0 aliphatic carbocycles. The molecule has 0 radical (unpaired) electrons. The molecular weight excluding hydrogens is 272 g/mol. The Balaban J connectivity index is 1.74. The highest BCUT2D eigenvalue weighted by atomic mass is 16.3. The summed E-state index contributed by atoms with van der Waals surface area (Å²) in [5, 5.41) is 18.7. The molecule has 108 valence electrons. The molecule has 3 aromatic carbocycles. The molecule has 0 aromatic heterocycles. The van der Waals surface area contributed by atoms with Gasteiger partial charge in [0.15, 0.2) is 0 Å². The first-order valence-corrected chi connectivity index (χ1v) is 7.13. The van der Waals surface area contributed by atoms with E-state index in [1.165, 1.54) is 0 Å². The lowest BCUT2D eigenvalue weighted by Crippen LogP contribution is -1.98. The van der Waals surface area contributed by atoms with E-state index in [0.717, 1.165) is 22.5 Å². The van der Waals surface area contributed by atoms with Crippen LogP contribution in [-0.2, 0) is 0 Å². The molecule has 0 spiro atoms. The number of aliphatic hydroxyl groups excluding tert-OH is 1. The van der Waals surface area contributed by atoms with E-state index in [1.807, 2.05) is 84.9 Å². The van der Waals surface area contributed by atoms with E-state index >= 15 is 0 Å². The minimum Gasteiger partial charge on any atom is -0.384 e. The predicted molar refractivity (Wildman–Crippen MR) is 87.6 cm³/mol. The highest BCUT2D eigenvalue weighted by Gasteiger charge is 2.09. The van der Waals surface area contributed by atoms with Crippen molar-refractivity contribution in [2.24, 2.45) is 10.2 Å². The van der Waals surface area contributed by atoms with Gasteiger partial charge in [0.2, 0.25) is 0 Å². The maximum absolute atomic E-state index is 10.3. The van der Waals surface area contributed by atoms with Crippen molar-refractivity contribution in [1.82, 2.24) is 0 Å². The first kappa shape index (κ1) is 14.2. The van der Waals surface area contributed by atoms with Gasteiger partial charge >= 0.3 is 0 Å². The van der Waals surface area contributed by atoms with Crippen molar-refractivity contribution in [3.63, 3.8) is 0 Å². The summed E-state index contributed by atoms with van der Waals surface area (Å²) in [4.78, 5) is 0. The van der Waals surface area contributed by atoms with Crippen LogP contribution in [0.15, 0.2) is 95.2 Å². The van der Waals surface area contributed by atoms with Crippen LogP contribution >= 0.6 is 0 Å². The summed E-state index contributed by atoms with van der Waals surface area (Å²) in [7, 11) is 0. The maximum Gasteiger partial charge on any atom is 0.104 e. The van der Waals surface area contributed by atoms with Gasteiger partial charge in [-0.3, -0.25) is 0 Å². The van der Waals surface area contributed by atoms with Gasteiger partial charge in [0.1, 0.15) is 6.10 Å². The molecule has 0 aliphatic heterocycles. The Hall–Kier alpha value is -2.78. The monoisotopic (exact) mass is 288 g/mol. The number of hydrogen-bond acceptors (Lipinski definition) is 3. The number of nitrogens with zero attached hydrogens (tertiary/aromatic N) is 2. The minimum absolute atomic E-state index is 0.624. The molecule has 0 heterocycles. The van der Waals surface area contributed by atoms with Gasteiger partial charge in [0.05, 0.1) is 11.4 Å². The molecule has 0 saturated carbocycles. The summed E-state index contributed by atoms with van der Waals surface area (Å²) in [6.07, 6.45) is -0.624. The molecule has 0 aliphatic rings. The molecule has 1 atom stereocenters. The van der Waals surface area contributed by atoms with E-state index in [1.54, 1.807) is 0 Å². The third-order valence-corrected chi connectivity index (χ3v) is 3.36. The first-order valence-electron chi connectivity index (χ1n) is 7.13. The normalized spacial score (nSPS) is 12.4. The summed E-state index contributed by atoms with van der Waals surface area (Å²) < 4.78 is 0. The zero-order chi connectivity index (χ0) is 15.2. The van der Waals surface area contributed by atoms with Crippen molar-refractivity contribution in [3.8, 4) is 0 Å². The standard InChI is InChI=1S/C19H16N2O/c22-19(15-7-3-1-4-8-15)16-11-13-18(14-12-16)21-20-17-9-5-2-6-10-17/h1-14,19,22H. The van der Waals surface area contributed by atoms with E-state index in [2.05, 4.69) is 10.2 Å². The molecule has 0 fully saturated rings. The van der Waals surface area contributed by atoms with E-state index in [9.17, 15) is 5.11 Å². The zero-order valence-electron chi connectivity index (χ0n) is 12.0. The number of rotatable bonds is 4. The molecule has 3 rings (SSSR count). The molecule has 0 amide bonds. The van der Waals surface area contributed by atoms with E-state index in [0.29, 0.717) is 0 Å². The smallest absolute Gasteiger partial charge is 0.104 e. The van der Waals surface area contributed by atoms with E-state index < -0.39 is 6.10 Å².